The minimum atomic E-state index is -0.386. The van der Waals surface area contributed by atoms with Gasteiger partial charge in [0.1, 0.15) is 0 Å². The standard InChI is InChI=1S/C58H39NS/c1-57(2)48-21-9-3-16-40(48)44-30-28-38(35-53(44)57)59(54-25-13-7-15-39(54)36-27-32-56-47(33-36)45-20-8-14-26-55(45)60-56)37-29-31-52-46(34-37)43-19-6-12-24-51(43)58(52)49-22-10-4-17-41(49)42-18-5-11-23-50(42)58/h3-35H,1-2H3. The summed E-state index contributed by atoms with van der Waals surface area (Å²) in [6.45, 7) is 4.76. The Labute approximate surface area is 354 Å². The number of fused-ring (bicyclic) bond motifs is 16. The van der Waals surface area contributed by atoms with Crippen LogP contribution in [-0.2, 0) is 10.8 Å². The number of benzene rings is 9. The van der Waals surface area contributed by atoms with Crippen molar-refractivity contribution in [3.63, 3.8) is 0 Å². The van der Waals surface area contributed by atoms with Crippen LogP contribution in [0.15, 0.2) is 200 Å². The van der Waals surface area contributed by atoms with E-state index in [1.807, 2.05) is 11.3 Å². The van der Waals surface area contributed by atoms with Crippen LogP contribution in [0.25, 0.3) is 64.7 Å². The van der Waals surface area contributed by atoms with E-state index in [1.54, 1.807) is 0 Å². The summed E-state index contributed by atoms with van der Waals surface area (Å²) < 4.78 is 2.64. The Bertz CT molecular complexity index is 3390. The Hall–Kier alpha value is -7.00. The molecule has 9 aromatic carbocycles. The summed E-state index contributed by atoms with van der Waals surface area (Å²) in [6.07, 6.45) is 0. The summed E-state index contributed by atoms with van der Waals surface area (Å²) in [7, 11) is 0. The van der Waals surface area contributed by atoms with Crippen molar-refractivity contribution in [1.29, 1.82) is 0 Å². The molecule has 0 atom stereocenters. The predicted molar refractivity (Wildman–Crippen MR) is 253 cm³/mol. The summed E-state index contributed by atoms with van der Waals surface area (Å²) in [6, 6.07) is 75.5. The molecule has 1 nitrogen and oxygen atoms in total. The largest absolute Gasteiger partial charge is 0.310 e. The summed E-state index contributed by atoms with van der Waals surface area (Å²) in [5.74, 6) is 0. The van der Waals surface area contributed by atoms with Gasteiger partial charge in [-0.3, -0.25) is 0 Å². The van der Waals surface area contributed by atoms with Crippen molar-refractivity contribution in [3.05, 3.63) is 234 Å². The van der Waals surface area contributed by atoms with Crippen molar-refractivity contribution >= 4 is 48.6 Å². The molecule has 0 fully saturated rings. The third-order valence-electron chi connectivity index (χ3n) is 13.9. The highest BCUT2D eigenvalue weighted by molar-refractivity contribution is 7.25. The van der Waals surface area contributed by atoms with Crippen LogP contribution in [0.3, 0.4) is 0 Å². The zero-order chi connectivity index (χ0) is 39.7. The van der Waals surface area contributed by atoms with Gasteiger partial charge in [0.05, 0.1) is 11.1 Å². The topological polar surface area (TPSA) is 3.24 Å². The molecule has 10 aromatic rings. The van der Waals surface area contributed by atoms with Crippen molar-refractivity contribution in [2.75, 3.05) is 4.90 Å². The quantitative estimate of drug-likeness (QED) is 0.172. The first-order chi connectivity index (χ1) is 29.5. The second-order valence-electron chi connectivity index (χ2n) is 17.2. The second kappa shape index (κ2) is 12.3. The molecule has 13 rings (SSSR count). The minimum Gasteiger partial charge on any atom is -0.310 e. The van der Waals surface area contributed by atoms with Crippen LogP contribution in [0.2, 0.25) is 0 Å². The van der Waals surface area contributed by atoms with E-state index in [4.69, 9.17) is 0 Å². The van der Waals surface area contributed by atoms with Crippen LogP contribution in [-0.4, -0.2) is 0 Å². The molecular weight excluding hydrogens is 743 g/mol. The maximum absolute atomic E-state index is 2.52. The molecule has 0 N–H and O–H groups in total. The van der Waals surface area contributed by atoms with Crippen molar-refractivity contribution < 1.29 is 0 Å². The fourth-order valence-electron chi connectivity index (χ4n) is 11.3. The van der Waals surface area contributed by atoms with Crippen LogP contribution in [0.4, 0.5) is 17.1 Å². The molecule has 1 spiro atoms. The molecular formula is C58H39NS. The Morgan fingerprint density at radius 1 is 0.350 bits per heavy atom. The normalized spacial score (nSPS) is 14.4. The first kappa shape index (κ1) is 33.9. The Morgan fingerprint density at radius 3 is 1.57 bits per heavy atom. The van der Waals surface area contributed by atoms with Gasteiger partial charge < -0.3 is 4.90 Å². The third kappa shape index (κ3) is 4.41. The van der Waals surface area contributed by atoms with Gasteiger partial charge >= 0.3 is 0 Å². The number of hydrogen-bond acceptors (Lipinski definition) is 2. The zero-order valence-electron chi connectivity index (χ0n) is 33.4. The highest BCUT2D eigenvalue weighted by Gasteiger charge is 2.51. The van der Waals surface area contributed by atoms with Crippen LogP contribution in [0, 0.1) is 0 Å². The van der Waals surface area contributed by atoms with E-state index < -0.39 is 0 Å². The average Bonchev–Trinajstić information content (AvgIpc) is 3.98. The Balaban J connectivity index is 1.06. The van der Waals surface area contributed by atoms with Gasteiger partial charge in [0.15, 0.2) is 0 Å². The first-order valence-electron chi connectivity index (χ1n) is 21.0. The van der Waals surface area contributed by atoms with E-state index in [0.717, 1.165) is 17.1 Å². The molecule has 1 aromatic heterocycles. The molecule has 0 amide bonds. The van der Waals surface area contributed by atoms with Gasteiger partial charge in [-0.15, -0.1) is 11.3 Å². The van der Waals surface area contributed by atoms with E-state index in [-0.39, 0.29) is 10.8 Å². The summed E-state index contributed by atoms with van der Waals surface area (Å²) >= 11 is 1.87. The number of nitrogens with zero attached hydrogens (tertiary/aromatic N) is 1. The Kier molecular flexibility index (Phi) is 6.94. The van der Waals surface area contributed by atoms with E-state index in [0.29, 0.717) is 0 Å². The van der Waals surface area contributed by atoms with Crippen LogP contribution in [0.5, 0.6) is 0 Å². The van der Waals surface area contributed by atoms with Crippen molar-refractivity contribution in [2.45, 2.75) is 24.7 Å². The minimum absolute atomic E-state index is 0.134. The van der Waals surface area contributed by atoms with E-state index in [1.165, 1.54) is 98.1 Å². The van der Waals surface area contributed by atoms with Crippen LogP contribution in [0.1, 0.15) is 47.2 Å². The highest BCUT2D eigenvalue weighted by Crippen LogP contribution is 2.63. The fourth-order valence-corrected chi connectivity index (χ4v) is 12.4. The molecule has 60 heavy (non-hydrogen) atoms. The SMILES string of the molecule is CC1(C)c2ccccc2-c2ccc(N(c3ccc4c(c3)-c3ccccc3C43c4ccccc4-c4ccccc43)c3ccccc3-c3ccc4sc5ccccc5c4c3)cc21. The lowest BCUT2D eigenvalue weighted by Gasteiger charge is -2.32. The van der Waals surface area contributed by atoms with Gasteiger partial charge in [-0.25, -0.2) is 0 Å². The second-order valence-corrected chi connectivity index (χ2v) is 18.3. The van der Waals surface area contributed by atoms with E-state index in [2.05, 4.69) is 219 Å². The van der Waals surface area contributed by atoms with Gasteiger partial charge in [-0.2, -0.15) is 0 Å². The molecule has 1 heterocycles. The summed E-state index contributed by atoms with van der Waals surface area (Å²) in [4.78, 5) is 2.52. The molecule has 0 bridgehead atoms. The summed E-state index contributed by atoms with van der Waals surface area (Å²) in [5.41, 5.74) is 21.4. The van der Waals surface area contributed by atoms with Crippen LogP contribution >= 0.6 is 11.3 Å². The van der Waals surface area contributed by atoms with Gasteiger partial charge in [-0.1, -0.05) is 166 Å². The average molecular weight is 782 g/mol. The molecule has 0 aliphatic heterocycles. The Morgan fingerprint density at radius 2 is 0.850 bits per heavy atom. The van der Waals surface area contributed by atoms with Crippen LogP contribution < -0.4 is 4.90 Å². The summed E-state index contributed by atoms with van der Waals surface area (Å²) in [5, 5.41) is 2.62. The van der Waals surface area contributed by atoms with Crippen molar-refractivity contribution in [1.82, 2.24) is 0 Å². The molecule has 3 aliphatic carbocycles. The van der Waals surface area contributed by atoms with Gasteiger partial charge in [0.25, 0.3) is 0 Å². The number of rotatable bonds is 4. The third-order valence-corrected chi connectivity index (χ3v) is 15.0. The molecule has 0 unspecified atom stereocenters. The predicted octanol–water partition coefficient (Wildman–Crippen LogP) is 15.8. The lowest BCUT2D eigenvalue weighted by Crippen LogP contribution is -2.25. The maximum atomic E-state index is 2.52. The fraction of sp³-hybridized carbons (Fsp3) is 0.0690. The molecule has 282 valence electrons. The lowest BCUT2D eigenvalue weighted by atomic mass is 9.70. The molecule has 0 radical (unpaired) electrons. The molecule has 0 saturated heterocycles. The number of para-hydroxylation sites is 1. The van der Waals surface area contributed by atoms with Gasteiger partial charge in [0.2, 0.25) is 0 Å². The number of hydrogen-bond donors (Lipinski definition) is 0. The number of thiophene rings is 1. The monoisotopic (exact) mass is 781 g/mol. The van der Waals surface area contributed by atoms with E-state index in [9.17, 15) is 0 Å². The molecule has 0 saturated carbocycles. The van der Waals surface area contributed by atoms with Crippen molar-refractivity contribution in [2.24, 2.45) is 0 Å². The van der Waals surface area contributed by atoms with E-state index >= 15 is 0 Å². The highest BCUT2D eigenvalue weighted by atomic mass is 32.1. The maximum Gasteiger partial charge on any atom is 0.0725 e. The first-order valence-corrected chi connectivity index (χ1v) is 21.8. The van der Waals surface area contributed by atoms with Gasteiger partial charge in [-0.05, 0) is 121 Å². The smallest absolute Gasteiger partial charge is 0.0725 e. The van der Waals surface area contributed by atoms with Crippen molar-refractivity contribution in [3.8, 4) is 44.5 Å². The van der Waals surface area contributed by atoms with Gasteiger partial charge in [0, 0.05) is 42.5 Å². The molecule has 2 heteroatoms. The zero-order valence-corrected chi connectivity index (χ0v) is 34.2. The lowest BCUT2D eigenvalue weighted by molar-refractivity contribution is 0.660. The molecule has 3 aliphatic rings. The number of anilines is 3.